The molecule has 0 aliphatic heterocycles. The molecule has 0 bridgehead atoms. The number of benzene rings is 2. The Morgan fingerprint density at radius 1 is 1.05 bits per heavy atom. The Balaban J connectivity index is 2.46. The summed E-state index contributed by atoms with van der Waals surface area (Å²) in [4.78, 5) is 1.22. The van der Waals surface area contributed by atoms with E-state index >= 15 is 0 Å². The highest BCUT2D eigenvalue weighted by Crippen LogP contribution is 2.31. The molecule has 1 unspecified atom stereocenters. The highest BCUT2D eigenvalue weighted by atomic mass is 32.2. The summed E-state index contributed by atoms with van der Waals surface area (Å²) in [5, 5.41) is 1.90. The second-order valence-electron chi connectivity index (χ2n) is 4.36. The molecule has 0 radical (unpaired) electrons. The Hall–Kier alpha value is -1.80. The van der Waals surface area contributed by atoms with E-state index in [1.54, 1.807) is 7.11 Å². The summed E-state index contributed by atoms with van der Waals surface area (Å²) >= 11 is 0. The molecule has 0 aliphatic carbocycles. The normalized spacial score (nSPS) is 11.9. The predicted molar refractivity (Wildman–Crippen MR) is 86.3 cm³/mol. The highest BCUT2D eigenvalue weighted by Gasteiger charge is 2.03. The van der Waals surface area contributed by atoms with Gasteiger partial charge in [0.25, 0.3) is 0 Å². The smallest absolute Gasteiger partial charge is 0.118 e. The fourth-order valence-corrected chi connectivity index (χ4v) is 2.75. The minimum absolute atomic E-state index is 0.152. The lowest BCUT2D eigenvalue weighted by Gasteiger charge is -2.09. The van der Waals surface area contributed by atoms with Crippen LogP contribution in [0.15, 0.2) is 59.3 Å². The van der Waals surface area contributed by atoms with Crippen molar-refractivity contribution in [3.05, 3.63) is 60.0 Å². The lowest BCUT2D eigenvalue weighted by Crippen LogP contribution is -1.85. The number of hydrogen-bond donors (Lipinski definition) is 0. The first-order valence-corrected chi connectivity index (χ1v) is 7.51. The number of hydrogen-bond acceptors (Lipinski definition) is 1. The molecule has 0 spiro atoms. The van der Waals surface area contributed by atoms with E-state index in [4.69, 9.17) is 4.74 Å². The zero-order valence-corrected chi connectivity index (χ0v) is 12.2. The maximum absolute atomic E-state index is 5.19. The highest BCUT2D eigenvalue weighted by molar-refractivity contribution is 8.16. The molecule has 0 aromatic heterocycles. The number of rotatable bonds is 4. The van der Waals surface area contributed by atoms with E-state index in [1.807, 2.05) is 17.5 Å². The number of methoxy groups -OCH3 is 1. The van der Waals surface area contributed by atoms with E-state index in [0.29, 0.717) is 0 Å². The minimum atomic E-state index is -0.152. The Morgan fingerprint density at radius 2 is 1.74 bits per heavy atom. The first-order chi connectivity index (χ1) is 9.13. The van der Waals surface area contributed by atoms with Crippen molar-refractivity contribution in [2.75, 3.05) is 7.11 Å². The Morgan fingerprint density at radius 3 is 2.32 bits per heavy atom. The maximum Gasteiger partial charge on any atom is 0.118 e. The van der Waals surface area contributed by atoms with Crippen LogP contribution in [0.2, 0.25) is 0 Å². The third-order valence-corrected chi connectivity index (χ3v) is 4.22. The molecule has 1 atom stereocenters. The van der Waals surface area contributed by atoms with Crippen LogP contribution in [0.5, 0.6) is 5.75 Å². The predicted octanol–water partition coefficient (Wildman–Crippen LogP) is 4.87. The number of aryl methyl sites for hydroxylation is 1. The molecule has 2 rings (SSSR count). The third-order valence-electron chi connectivity index (χ3n) is 2.98. The molecule has 0 aliphatic rings. The molecular formula is C17H18OS. The third kappa shape index (κ3) is 3.15. The van der Waals surface area contributed by atoms with Crippen LogP contribution in [-0.2, 0) is 0 Å². The Bertz CT molecular complexity index is 612. The molecule has 0 saturated heterocycles. The van der Waals surface area contributed by atoms with Crippen molar-refractivity contribution in [3.8, 4) is 16.9 Å². The summed E-state index contributed by atoms with van der Waals surface area (Å²) in [6.07, 6.45) is 0. The van der Waals surface area contributed by atoms with Gasteiger partial charge in [0.1, 0.15) is 5.75 Å². The van der Waals surface area contributed by atoms with Gasteiger partial charge in [-0.1, -0.05) is 30.6 Å². The van der Waals surface area contributed by atoms with Crippen LogP contribution >= 0.6 is 10.5 Å². The lowest BCUT2D eigenvalue weighted by molar-refractivity contribution is 0.415. The summed E-state index contributed by atoms with van der Waals surface area (Å²) in [6, 6.07) is 14.7. The summed E-state index contributed by atoms with van der Waals surface area (Å²) in [5.74, 6) is 4.99. The molecule has 19 heavy (non-hydrogen) atoms. The molecule has 2 heteroatoms. The van der Waals surface area contributed by atoms with Gasteiger partial charge in [0, 0.05) is 4.90 Å². The molecule has 2 aromatic rings. The average Bonchev–Trinajstić information content (AvgIpc) is 2.45. The maximum atomic E-state index is 5.19. The van der Waals surface area contributed by atoms with Gasteiger partial charge in [-0.25, -0.2) is 0 Å². The standard InChI is InChI=1S/C17H18OS/c1-5-19(4)17-11-13(2)10-15(12-17)14-6-8-16(18-3)9-7-14/h5-12H,1,4H2,2-3H3. The first-order valence-electron chi connectivity index (χ1n) is 6.05. The monoisotopic (exact) mass is 270 g/mol. The van der Waals surface area contributed by atoms with Gasteiger partial charge in [-0.2, -0.15) is 0 Å². The van der Waals surface area contributed by atoms with E-state index in [0.717, 1.165) is 5.75 Å². The van der Waals surface area contributed by atoms with Crippen LogP contribution in [0, 0.1) is 6.92 Å². The second-order valence-corrected chi connectivity index (χ2v) is 6.02. The van der Waals surface area contributed by atoms with Crippen LogP contribution in [0.3, 0.4) is 0 Å². The minimum Gasteiger partial charge on any atom is -0.497 e. The van der Waals surface area contributed by atoms with Crippen LogP contribution in [-0.4, -0.2) is 13.0 Å². The van der Waals surface area contributed by atoms with Crippen LogP contribution in [0.4, 0.5) is 0 Å². The quantitative estimate of drug-likeness (QED) is 0.720. The van der Waals surface area contributed by atoms with Gasteiger partial charge in [0.05, 0.1) is 7.11 Å². The van der Waals surface area contributed by atoms with Crippen molar-refractivity contribution in [1.29, 1.82) is 0 Å². The van der Waals surface area contributed by atoms with Crippen molar-refractivity contribution < 1.29 is 4.74 Å². The van der Waals surface area contributed by atoms with Gasteiger partial charge >= 0.3 is 0 Å². The second kappa shape index (κ2) is 5.89. The average molecular weight is 270 g/mol. The van der Waals surface area contributed by atoms with Crippen molar-refractivity contribution in [1.82, 2.24) is 0 Å². The zero-order chi connectivity index (χ0) is 13.8. The summed E-state index contributed by atoms with van der Waals surface area (Å²) in [5.41, 5.74) is 3.64. The Kier molecular flexibility index (Phi) is 4.23. The largest absolute Gasteiger partial charge is 0.497 e. The molecule has 0 amide bonds. The molecule has 1 nitrogen and oxygen atoms in total. The van der Waals surface area contributed by atoms with E-state index in [1.165, 1.54) is 21.6 Å². The van der Waals surface area contributed by atoms with Gasteiger partial charge in [-0.05, 0) is 53.3 Å². The van der Waals surface area contributed by atoms with E-state index in [9.17, 15) is 0 Å². The van der Waals surface area contributed by atoms with Crippen LogP contribution < -0.4 is 4.74 Å². The topological polar surface area (TPSA) is 9.23 Å². The zero-order valence-electron chi connectivity index (χ0n) is 11.3. The van der Waals surface area contributed by atoms with Gasteiger partial charge in [0.2, 0.25) is 0 Å². The molecule has 0 heterocycles. The van der Waals surface area contributed by atoms with Crippen LogP contribution in [0.25, 0.3) is 11.1 Å². The molecular weight excluding hydrogens is 252 g/mol. The van der Waals surface area contributed by atoms with Gasteiger partial charge in [-0.3, -0.25) is 0 Å². The van der Waals surface area contributed by atoms with E-state index < -0.39 is 0 Å². The van der Waals surface area contributed by atoms with Crippen molar-refractivity contribution in [2.45, 2.75) is 11.8 Å². The van der Waals surface area contributed by atoms with Crippen molar-refractivity contribution >= 4 is 16.4 Å². The first kappa shape index (κ1) is 13.6. The molecule has 0 N–H and O–H groups in total. The van der Waals surface area contributed by atoms with Gasteiger partial charge in [0.15, 0.2) is 0 Å². The van der Waals surface area contributed by atoms with Gasteiger partial charge < -0.3 is 4.74 Å². The SMILES string of the molecule is C=CS(=C)c1cc(C)cc(-c2ccc(OC)cc2)c1. The molecule has 0 saturated carbocycles. The molecule has 98 valence electrons. The van der Waals surface area contributed by atoms with E-state index in [2.05, 4.69) is 49.7 Å². The molecule has 0 fully saturated rings. The fourth-order valence-electron chi connectivity index (χ4n) is 1.95. The molecule has 2 aromatic carbocycles. The van der Waals surface area contributed by atoms with Gasteiger partial charge in [-0.15, -0.1) is 10.5 Å². The Labute approximate surface area is 117 Å². The van der Waals surface area contributed by atoms with Crippen LogP contribution in [0.1, 0.15) is 5.56 Å². The summed E-state index contributed by atoms with van der Waals surface area (Å²) < 4.78 is 5.19. The van der Waals surface area contributed by atoms with Crippen molar-refractivity contribution in [2.24, 2.45) is 0 Å². The lowest BCUT2D eigenvalue weighted by atomic mass is 10.0. The van der Waals surface area contributed by atoms with Crippen molar-refractivity contribution in [3.63, 3.8) is 0 Å². The number of ether oxygens (including phenoxy) is 1. The fraction of sp³-hybridized carbons (Fsp3) is 0.118. The van der Waals surface area contributed by atoms with E-state index in [-0.39, 0.29) is 10.5 Å². The summed E-state index contributed by atoms with van der Waals surface area (Å²) in [7, 11) is 1.53. The summed E-state index contributed by atoms with van der Waals surface area (Å²) in [6.45, 7) is 5.93.